The second-order valence-electron chi connectivity index (χ2n) is 3.42. The fourth-order valence-electron chi connectivity index (χ4n) is 1.14. The Morgan fingerprint density at radius 1 is 1.23 bits per heavy atom. The molecule has 74 valence electrons. The van der Waals surface area contributed by atoms with Crippen LogP contribution in [0.1, 0.15) is 47.0 Å². The van der Waals surface area contributed by atoms with Crippen LogP contribution < -0.4 is 0 Å². The monoisotopic (exact) mass is 180 g/mol. The Morgan fingerprint density at radius 3 is 2.31 bits per heavy atom. The van der Waals surface area contributed by atoms with Crippen LogP contribution in [-0.4, -0.2) is 5.78 Å². The zero-order valence-corrected chi connectivity index (χ0v) is 9.18. The number of allylic oxidation sites excluding steroid dienone is 4. The molecular formula is C12H20O. The van der Waals surface area contributed by atoms with Gasteiger partial charge in [0.1, 0.15) is 0 Å². The van der Waals surface area contributed by atoms with E-state index in [4.69, 9.17) is 0 Å². The second-order valence-corrected chi connectivity index (χ2v) is 3.42. The Morgan fingerprint density at radius 2 is 1.85 bits per heavy atom. The molecule has 13 heavy (non-hydrogen) atoms. The smallest absolute Gasteiger partial charge is 0.155 e. The maximum Gasteiger partial charge on any atom is 0.155 e. The molecule has 0 aliphatic heterocycles. The Labute approximate surface area is 81.5 Å². The van der Waals surface area contributed by atoms with Crippen molar-refractivity contribution in [2.24, 2.45) is 0 Å². The van der Waals surface area contributed by atoms with Gasteiger partial charge in [-0.3, -0.25) is 4.79 Å². The van der Waals surface area contributed by atoms with Crippen LogP contribution in [0.3, 0.4) is 0 Å². The Bertz CT molecular complexity index is 221. The lowest BCUT2D eigenvalue weighted by Crippen LogP contribution is -1.95. The third-order valence-electron chi connectivity index (χ3n) is 2.33. The van der Waals surface area contributed by atoms with E-state index in [1.54, 1.807) is 6.92 Å². The molecule has 0 fully saturated rings. The van der Waals surface area contributed by atoms with E-state index in [9.17, 15) is 4.79 Å². The number of rotatable bonds is 5. The molecule has 1 nitrogen and oxygen atoms in total. The predicted octanol–water partition coefficient (Wildman–Crippen LogP) is 3.66. The molecule has 0 aliphatic rings. The van der Waals surface area contributed by atoms with Crippen molar-refractivity contribution in [3.63, 3.8) is 0 Å². The van der Waals surface area contributed by atoms with Gasteiger partial charge < -0.3 is 0 Å². The van der Waals surface area contributed by atoms with Gasteiger partial charge in [0.15, 0.2) is 5.78 Å². The number of carbonyl (C=O) groups is 1. The van der Waals surface area contributed by atoms with Gasteiger partial charge in [-0.05, 0) is 52.5 Å². The van der Waals surface area contributed by atoms with Gasteiger partial charge in [0.05, 0.1) is 0 Å². The van der Waals surface area contributed by atoms with E-state index in [1.165, 1.54) is 5.57 Å². The van der Waals surface area contributed by atoms with Crippen LogP contribution in [0, 0.1) is 0 Å². The van der Waals surface area contributed by atoms with E-state index in [2.05, 4.69) is 12.2 Å². The minimum absolute atomic E-state index is 0.198. The summed E-state index contributed by atoms with van der Waals surface area (Å²) in [7, 11) is 0. The van der Waals surface area contributed by atoms with Gasteiger partial charge in [-0.25, -0.2) is 0 Å². The number of carbonyl (C=O) groups excluding carboxylic acids is 1. The van der Waals surface area contributed by atoms with Crippen LogP contribution in [0.2, 0.25) is 0 Å². The molecule has 0 aromatic rings. The fourth-order valence-corrected chi connectivity index (χ4v) is 1.14. The molecule has 0 bridgehead atoms. The van der Waals surface area contributed by atoms with Crippen LogP contribution in [0.15, 0.2) is 23.3 Å². The second kappa shape index (κ2) is 6.64. The highest BCUT2D eigenvalue weighted by molar-refractivity contribution is 5.93. The van der Waals surface area contributed by atoms with E-state index in [0.717, 1.165) is 24.8 Å². The van der Waals surface area contributed by atoms with Crippen LogP contribution in [0.4, 0.5) is 0 Å². The average molecular weight is 180 g/mol. The van der Waals surface area contributed by atoms with Gasteiger partial charge in [-0.15, -0.1) is 0 Å². The van der Waals surface area contributed by atoms with Gasteiger partial charge in [0.25, 0.3) is 0 Å². The molecule has 0 amide bonds. The molecule has 1 heteroatoms. The molecule has 0 aromatic heterocycles. The molecule has 0 atom stereocenters. The zero-order valence-electron chi connectivity index (χ0n) is 9.18. The number of hydrogen-bond acceptors (Lipinski definition) is 1. The summed E-state index contributed by atoms with van der Waals surface area (Å²) >= 11 is 0. The fraction of sp³-hybridized carbons (Fsp3) is 0.583. The molecule has 0 aliphatic carbocycles. The highest BCUT2D eigenvalue weighted by Crippen LogP contribution is 2.12. The van der Waals surface area contributed by atoms with Gasteiger partial charge in [0, 0.05) is 0 Å². The lowest BCUT2D eigenvalue weighted by molar-refractivity contribution is -0.113. The van der Waals surface area contributed by atoms with Gasteiger partial charge >= 0.3 is 0 Å². The van der Waals surface area contributed by atoms with Crippen molar-refractivity contribution in [2.45, 2.75) is 47.0 Å². The van der Waals surface area contributed by atoms with Crippen LogP contribution in [0.5, 0.6) is 0 Å². The van der Waals surface area contributed by atoms with Gasteiger partial charge in [0.2, 0.25) is 0 Å². The average Bonchev–Trinajstić information content (AvgIpc) is 2.10. The minimum atomic E-state index is 0.198. The van der Waals surface area contributed by atoms with Crippen LogP contribution in [0.25, 0.3) is 0 Å². The van der Waals surface area contributed by atoms with Crippen molar-refractivity contribution in [1.82, 2.24) is 0 Å². The third kappa shape index (κ3) is 5.40. The summed E-state index contributed by atoms with van der Waals surface area (Å²) in [4.78, 5) is 11.0. The molecule has 0 aromatic carbocycles. The zero-order chi connectivity index (χ0) is 10.3. The van der Waals surface area contributed by atoms with Crippen molar-refractivity contribution >= 4 is 5.78 Å². The minimum Gasteiger partial charge on any atom is -0.295 e. The summed E-state index contributed by atoms with van der Waals surface area (Å²) < 4.78 is 0. The Balaban J connectivity index is 3.92. The quantitative estimate of drug-likeness (QED) is 0.358. The number of Topliss-reactive ketones (excluding diaryl/α,β-unsaturated/α-hetero) is 1. The first-order valence-corrected chi connectivity index (χ1v) is 4.88. The predicted molar refractivity (Wildman–Crippen MR) is 57.7 cm³/mol. The number of hydrogen-bond donors (Lipinski definition) is 0. The lowest BCUT2D eigenvalue weighted by Gasteiger charge is -2.03. The van der Waals surface area contributed by atoms with Crippen molar-refractivity contribution in [3.05, 3.63) is 23.3 Å². The molecule has 0 unspecified atom stereocenters. The van der Waals surface area contributed by atoms with Gasteiger partial charge in [-0.2, -0.15) is 0 Å². The summed E-state index contributed by atoms with van der Waals surface area (Å²) in [5.74, 6) is 0.198. The third-order valence-corrected chi connectivity index (χ3v) is 2.33. The molecule has 0 heterocycles. The topological polar surface area (TPSA) is 17.1 Å². The number of unbranched alkanes of at least 4 members (excludes halogenated alkanes) is 1. The Hall–Kier alpha value is -0.850. The molecule has 0 spiro atoms. The largest absolute Gasteiger partial charge is 0.295 e. The normalized spacial score (nSPS) is 13.2. The summed E-state index contributed by atoms with van der Waals surface area (Å²) in [6, 6.07) is 0. The lowest BCUT2D eigenvalue weighted by atomic mass is 10.0. The highest BCUT2D eigenvalue weighted by atomic mass is 16.1. The maximum atomic E-state index is 11.0. The van der Waals surface area contributed by atoms with Crippen LogP contribution >= 0.6 is 0 Å². The van der Waals surface area contributed by atoms with Gasteiger partial charge in [-0.1, -0.05) is 17.7 Å². The van der Waals surface area contributed by atoms with E-state index in [1.807, 2.05) is 20.8 Å². The SMILES string of the molecule is CC=CCCCC(C)=C(C)C(C)=O. The molecule has 0 N–H and O–H groups in total. The summed E-state index contributed by atoms with van der Waals surface area (Å²) in [5, 5.41) is 0. The van der Waals surface area contributed by atoms with E-state index < -0.39 is 0 Å². The molecular weight excluding hydrogens is 160 g/mol. The highest BCUT2D eigenvalue weighted by Gasteiger charge is 2.00. The van der Waals surface area contributed by atoms with Crippen molar-refractivity contribution in [3.8, 4) is 0 Å². The maximum absolute atomic E-state index is 11.0. The van der Waals surface area contributed by atoms with Crippen LogP contribution in [-0.2, 0) is 4.79 Å². The van der Waals surface area contributed by atoms with E-state index >= 15 is 0 Å². The molecule has 0 saturated heterocycles. The van der Waals surface area contributed by atoms with E-state index in [0.29, 0.717) is 0 Å². The molecule has 0 saturated carbocycles. The summed E-state index contributed by atoms with van der Waals surface area (Å²) in [6.45, 7) is 7.62. The first kappa shape index (κ1) is 12.2. The summed E-state index contributed by atoms with van der Waals surface area (Å²) in [6.07, 6.45) is 7.52. The molecule has 0 rings (SSSR count). The van der Waals surface area contributed by atoms with Crippen molar-refractivity contribution in [2.75, 3.05) is 0 Å². The van der Waals surface area contributed by atoms with E-state index in [-0.39, 0.29) is 5.78 Å². The van der Waals surface area contributed by atoms with Crippen molar-refractivity contribution < 1.29 is 4.79 Å². The number of ketones is 1. The first-order valence-electron chi connectivity index (χ1n) is 4.88. The molecule has 0 radical (unpaired) electrons. The standard InChI is InChI=1S/C12H20O/c1-5-6-7-8-9-10(2)11(3)12(4)13/h5-6H,7-9H2,1-4H3. The first-order chi connectivity index (χ1) is 6.09. The summed E-state index contributed by atoms with van der Waals surface area (Å²) in [5.41, 5.74) is 2.16. The van der Waals surface area contributed by atoms with Crippen molar-refractivity contribution in [1.29, 1.82) is 0 Å². The Kier molecular flexibility index (Phi) is 6.21.